The van der Waals surface area contributed by atoms with Gasteiger partial charge in [-0.3, -0.25) is 9.59 Å². The Bertz CT molecular complexity index is 412. The fourth-order valence-corrected chi connectivity index (χ4v) is 3.11. The van der Waals surface area contributed by atoms with Crippen molar-refractivity contribution in [1.82, 2.24) is 0 Å². The minimum absolute atomic E-state index is 0.139. The Kier molecular flexibility index (Phi) is 4.09. The molecule has 1 N–H and O–H groups in total. The van der Waals surface area contributed by atoms with E-state index in [1.807, 2.05) is 19.9 Å². The van der Waals surface area contributed by atoms with Gasteiger partial charge < -0.3 is 9.84 Å². The van der Waals surface area contributed by atoms with Crippen LogP contribution >= 0.6 is 0 Å². The summed E-state index contributed by atoms with van der Waals surface area (Å²) in [5.41, 5.74) is 1.00. The van der Waals surface area contributed by atoms with E-state index in [4.69, 9.17) is 4.74 Å². The normalized spacial score (nSPS) is 43.2. The molecule has 0 unspecified atom stereocenters. The Morgan fingerprint density at radius 2 is 2.00 bits per heavy atom. The molecule has 0 bridgehead atoms. The molecule has 1 fully saturated rings. The summed E-state index contributed by atoms with van der Waals surface area (Å²) in [6.07, 6.45) is 2.41. The van der Waals surface area contributed by atoms with E-state index in [9.17, 15) is 14.7 Å². The van der Waals surface area contributed by atoms with Crippen molar-refractivity contribution >= 4 is 11.8 Å². The molecule has 1 heterocycles. The minimum atomic E-state index is -0.580. The summed E-state index contributed by atoms with van der Waals surface area (Å²) in [5.74, 6) is -0.724. The predicted molar refractivity (Wildman–Crippen MR) is 70.3 cm³/mol. The summed E-state index contributed by atoms with van der Waals surface area (Å²) < 4.78 is 5.36. The highest BCUT2D eigenvalue weighted by molar-refractivity contribution is 5.82. The summed E-state index contributed by atoms with van der Waals surface area (Å²) in [5, 5.41) is 10.4. The van der Waals surface area contributed by atoms with E-state index in [0.717, 1.165) is 5.57 Å². The second-order valence-electron chi connectivity index (χ2n) is 5.97. The molecule has 4 heteroatoms. The van der Waals surface area contributed by atoms with E-state index in [2.05, 4.69) is 0 Å². The lowest BCUT2D eigenvalue weighted by Crippen LogP contribution is -2.34. The summed E-state index contributed by atoms with van der Waals surface area (Å²) >= 11 is 0. The monoisotopic (exact) mass is 266 g/mol. The molecular weight excluding hydrogens is 244 g/mol. The predicted octanol–water partition coefficient (Wildman–Crippen LogP) is 1.86. The molecule has 4 nitrogen and oxygen atoms in total. The van der Waals surface area contributed by atoms with E-state index in [1.165, 1.54) is 0 Å². The smallest absolute Gasteiger partial charge is 0.309 e. The Labute approximate surface area is 113 Å². The van der Waals surface area contributed by atoms with Gasteiger partial charge in [0.05, 0.1) is 12.0 Å². The van der Waals surface area contributed by atoms with Crippen molar-refractivity contribution in [3.05, 3.63) is 11.6 Å². The zero-order chi connectivity index (χ0) is 14.2. The first-order valence-corrected chi connectivity index (χ1v) is 6.97. The number of Topliss-reactive ketones (excluding diaryl/α,β-unsaturated/α-hetero) is 1. The van der Waals surface area contributed by atoms with Gasteiger partial charge in [0.25, 0.3) is 0 Å². The topological polar surface area (TPSA) is 63.6 Å². The standard InChI is InChI=1S/C15H22O4/c1-8-4-5-11(16)9(2)7-13-14(12(17)6-8)10(3)15(18)19-13/h4,9-10,12-14,17H,5-7H2,1-3H3/b8-4-/t9-,10+,12-,13+,14-/m0/s1. The van der Waals surface area contributed by atoms with Crippen LogP contribution in [0.2, 0.25) is 0 Å². The van der Waals surface area contributed by atoms with Crippen LogP contribution in [0.3, 0.4) is 0 Å². The van der Waals surface area contributed by atoms with Crippen LogP contribution < -0.4 is 0 Å². The van der Waals surface area contributed by atoms with Crippen LogP contribution in [0.25, 0.3) is 0 Å². The third-order valence-electron chi connectivity index (χ3n) is 4.41. The number of carbonyl (C=O) groups excluding carboxylic acids is 2. The zero-order valence-corrected chi connectivity index (χ0v) is 11.8. The fraction of sp³-hybridized carbons (Fsp3) is 0.733. The van der Waals surface area contributed by atoms with E-state index in [0.29, 0.717) is 19.3 Å². The van der Waals surface area contributed by atoms with Gasteiger partial charge >= 0.3 is 5.97 Å². The average molecular weight is 266 g/mol. The summed E-state index contributed by atoms with van der Waals surface area (Å²) in [6.45, 7) is 5.58. The molecular formula is C15H22O4. The second kappa shape index (κ2) is 5.45. The number of allylic oxidation sites excluding steroid dienone is 1. The summed E-state index contributed by atoms with van der Waals surface area (Å²) in [7, 11) is 0. The van der Waals surface area contributed by atoms with Crippen LogP contribution in [-0.4, -0.2) is 29.1 Å². The Morgan fingerprint density at radius 3 is 2.68 bits per heavy atom. The molecule has 19 heavy (non-hydrogen) atoms. The van der Waals surface area contributed by atoms with Crippen molar-refractivity contribution in [2.75, 3.05) is 0 Å². The first-order valence-electron chi connectivity index (χ1n) is 6.97. The van der Waals surface area contributed by atoms with Gasteiger partial charge in [-0.05, 0) is 19.8 Å². The lowest BCUT2D eigenvalue weighted by molar-refractivity contribution is -0.145. The van der Waals surface area contributed by atoms with Gasteiger partial charge in [-0.1, -0.05) is 25.5 Å². The van der Waals surface area contributed by atoms with Crippen LogP contribution in [-0.2, 0) is 14.3 Å². The molecule has 1 aliphatic heterocycles. The summed E-state index contributed by atoms with van der Waals surface area (Å²) in [4.78, 5) is 23.7. The van der Waals surface area contributed by atoms with Crippen LogP contribution in [0.1, 0.15) is 40.0 Å². The molecule has 5 atom stereocenters. The number of ether oxygens (including phenoxy) is 1. The molecule has 0 aromatic carbocycles. The van der Waals surface area contributed by atoms with E-state index in [1.54, 1.807) is 6.92 Å². The highest BCUT2D eigenvalue weighted by Gasteiger charge is 2.46. The third kappa shape index (κ3) is 2.89. The van der Waals surface area contributed by atoms with E-state index < -0.39 is 6.10 Å². The first-order chi connectivity index (χ1) is 8.90. The average Bonchev–Trinajstić information content (AvgIpc) is 2.60. The highest BCUT2D eigenvalue weighted by Crippen LogP contribution is 2.37. The second-order valence-corrected chi connectivity index (χ2v) is 5.97. The van der Waals surface area contributed by atoms with Crippen molar-refractivity contribution in [1.29, 1.82) is 0 Å². The Balaban J connectivity index is 2.28. The van der Waals surface area contributed by atoms with Gasteiger partial charge in [-0.15, -0.1) is 0 Å². The van der Waals surface area contributed by atoms with Gasteiger partial charge in [-0.25, -0.2) is 0 Å². The number of hydrogen-bond donors (Lipinski definition) is 1. The zero-order valence-electron chi connectivity index (χ0n) is 11.8. The van der Waals surface area contributed by atoms with Gasteiger partial charge in [0.1, 0.15) is 11.9 Å². The van der Waals surface area contributed by atoms with Crippen molar-refractivity contribution in [3.63, 3.8) is 0 Å². The maximum atomic E-state index is 12.0. The van der Waals surface area contributed by atoms with Gasteiger partial charge in [0.2, 0.25) is 0 Å². The highest BCUT2D eigenvalue weighted by atomic mass is 16.6. The quantitative estimate of drug-likeness (QED) is 0.537. The number of fused-ring (bicyclic) bond motifs is 1. The summed E-state index contributed by atoms with van der Waals surface area (Å²) in [6, 6.07) is 0. The SMILES string of the molecule is C/C1=C/CC(=O)[C@@H](C)C[C@H]2OC(=O)[C@H](C)[C@H]2[C@@H](O)C1. The molecule has 106 valence electrons. The van der Waals surface area contributed by atoms with Crippen molar-refractivity contribution in [2.45, 2.75) is 52.2 Å². The van der Waals surface area contributed by atoms with Crippen molar-refractivity contribution in [2.24, 2.45) is 17.8 Å². The number of rotatable bonds is 0. The number of ketones is 1. The number of carbonyl (C=O) groups is 2. The van der Waals surface area contributed by atoms with Gasteiger partial charge in [-0.2, -0.15) is 0 Å². The molecule has 0 aromatic rings. The van der Waals surface area contributed by atoms with Crippen molar-refractivity contribution in [3.8, 4) is 0 Å². The molecule has 0 saturated carbocycles. The molecule has 0 spiro atoms. The van der Waals surface area contributed by atoms with E-state index in [-0.39, 0.29) is 35.6 Å². The molecule has 1 aliphatic carbocycles. The number of hydrogen-bond acceptors (Lipinski definition) is 4. The van der Waals surface area contributed by atoms with Gasteiger partial charge in [0.15, 0.2) is 0 Å². The van der Waals surface area contributed by atoms with Crippen LogP contribution in [0.5, 0.6) is 0 Å². The first kappa shape index (κ1) is 14.3. The molecule has 1 saturated heterocycles. The molecule has 2 rings (SSSR count). The maximum absolute atomic E-state index is 12.0. The third-order valence-corrected chi connectivity index (χ3v) is 4.41. The van der Waals surface area contributed by atoms with Crippen LogP contribution in [0, 0.1) is 17.8 Å². The van der Waals surface area contributed by atoms with Crippen molar-refractivity contribution < 1.29 is 19.4 Å². The lowest BCUT2D eigenvalue weighted by atomic mass is 9.79. The number of esters is 1. The number of aliphatic hydroxyl groups is 1. The molecule has 0 aromatic heterocycles. The Morgan fingerprint density at radius 1 is 1.32 bits per heavy atom. The van der Waals surface area contributed by atoms with Gasteiger partial charge in [0, 0.05) is 18.3 Å². The lowest BCUT2D eigenvalue weighted by Gasteiger charge is -2.27. The minimum Gasteiger partial charge on any atom is -0.462 e. The van der Waals surface area contributed by atoms with E-state index >= 15 is 0 Å². The Hall–Kier alpha value is -1.16. The molecule has 2 aliphatic rings. The van der Waals surface area contributed by atoms with Crippen LogP contribution in [0.4, 0.5) is 0 Å². The maximum Gasteiger partial charge on any atom is 0.309 e. The molecule has 0 amide bonds. The molecule has 0 radical (unpaired) electrons. The largest absolute Gasteiger partial charge is 0.462 e. The fourth-order valence-electron chi connectivity index (χ4n) is 3.11. The number of aliphatic hydroxyl groups excluding tert-OH is 1. The van der Waals surface area contributed by atoms with Crippen LogP contribution in [0.15, 0.2) is 11.6 Å².